The Labute approximate surface area is 168 Å². The first-order chi connectivity index (χ1) is 13.2. The smallest absolute Gasteiger partial charge is 0.259 e. The second-order valence-corrected chi connectivity index (χ2v) is 6.50. The maximum Gasteiger partial charge on any atom is 0.259 e. The molecule has 1 N–H and O–H groups in total. The van der Waals surface area contributed by atoms with Crippen LogP contribution in [0.2, 0.25) is 0 Å². The summed E-state index contributed by atoms with van der Waals surface area (Å²) in [4.78, 5) is 9.13. The van der Waals surface area contributed by atoms with Crippen molar-refractivity contribution in [3.63, 3.8) is 0 Å². The topological polar surface area (TPSA) is 103 Å². The van der Waals surface area contributed by atoms with Gasteiger partial charge in [0.25, 0.3) is 11.6 Å². The van der Waals surface area contributed by atoms with E-state index in [2.05, 4.69) is 39.4 Å². The van der Waals surface area contributed by atoms with Gasteiger partial charge >= 0.3 is 0 Å². The zero-order chi connectivity index (χ0) is 18.8. The third-order valence-electron chi connectivity index (χ3n) is 4.46. The summed E-state index contributed by atoms with van der Waals surface area (Å²) in [7, 11) is 1.90. The number of hydrogen-bond donors (Lipinski definition) is 1. The third-order valence-corrected chi connectivity index (χ3v) is 4.46. The Morgan fingerprint density at radius 2 is 2.04 bits per heavy atom. The number of halogens is 1. The molecule has 148 valence electrons. The Bertz CT molecular complexity index is 1040. The molecule has 0 aliphatic rings. The molecule has 28 heavy (non-hydrogen) atoms. The number of hydrogen-bond acceptors (Lipinski definition) is 8. The van der Waals surface area contributed by atoms with Gasteiger partial charge in [0.2, 0.25) is 0 Å². The van der Waals surface area contributed by atoms with E-state index in [1.807, 2.05) is 25.2 Å². The predicted octanol–water partition coefficient (Wildman–Crippen LogP) is 4.06. The van der Waals surface area contributed by atoms with Crippen molar-refractivity contribution in [2.75, 3.05) is 7.05 Å². The Kier molecular flexibility index (Phi) is 6.11. The molecular formula is C19H22ClN5O3. The molecule has 0 saturated carbocycles. The van der Waals surface area contributed by atoms with Crippen LogP contribution in [0.15, 0.2) is 37.9 Å². The number of aryl methyl sites for hydroxylation is 1. The van der Waals surface area contributed by atoms with E-state index in [-0.39, 0.29) is 18.4 Å². The molecule has 4 heterocycles. The molecule has 0 aliphatic heterocycles. The minimum atomic E-state index is 0. The molecule has 4 rings (SSSR count). The van der Waals surface area contributed by atoms with E-state index < -0.39 is 0 Å². The van der Waals surface area contributed by atoms with Crippen molar-refractivity contribution >= 4 is 23.5 Å². The van der Waals surface area contributed by atoms with Crippen LogP contribution < -0.4 is 5.32 Å². The second-order valence-electron chi connectivity index (χ2n) is 6.50. The van der Waals surface area contributed by atoms with E-state index in [9.17, 15) is 0 Å². The average molecular weight is 404 g/mol. The van der Waals surface area contributed by atoms with Crippen molar-refractivity contribution in [2.45, 2.75) is 39.2 Å². The molecule has 1 unspecified atom stereocenters. The highest BCUT2D eigenvalue weighted by Crippen LogP contribution is 2.34. The largest absolute Gasteiger partial charge is 0.463 e. The van der Waals surface area contributed by atoms with Crippen LogP contribution in [-0.2, 0) is 12.8 Å². The SMILES string of the molecule is CCCc1noc2nc(-c3ccco3)cc(-c3nc(CC(C)NC)no3)c12.Cl. The van der Waals surface area contributed by atoms with Crippen LogP contribution in [-0.4, -0.2) is 33.4 Å². The second kappa shape index (κ2) is 8.53. The number of fused-ring (bicyclic) bond motifs is 1. The highest BCUT2D eigenvalue weighted by atomic mass is 35.5. The molecule has 0 radical (unpaired) electrons. The lowest BCUT2D eigenvalue weighted by Gasteiger charge is -2.05. The molecule has 0 aromatic carbocycles. The molecule has 0 saturated heterocycles. The highest BCUT2D eigenvalue weighted by molar-refractivity contribution is 5.93. The Morgan fingerprint density at radius 3 is 2.75 bits per heavy atom. The molecule has 8 nitrogen and oxygen atoms in total. The first-order valence-corrected chi connectivity index (χ1v) is 9.03. The molecule has 9 heteroatoms. The number of nitrogens with one attached hydrogen (secondary N) is 1. The minimum Gasteiger partial charge on any atom is -0.463 e. The van der Waals surface area contributed by atoms with Crippen LogP contribution >= 0.6 is 12.4 Å². The summed E-state index contributed by atoms with van der Waals surface area (Å²) in [6.45, 7) is 4.16. The molecule has 0 bridgehead atoms. The summed E-state index contributed by atoms with van der Waals surface area (Å²) < 4.78 is 16.5. The van der Waals surface area contributed by atoms with Crippen molar-refractivity contribution in [1.29, 1.82) is 0 Å². The zero-order valence-electron chi connectivity index (χ0n) is 15.9. The summed E-state index contributed by atoms with van der Waals surface area (Å²) >= 11 is 0. The van der Waals surface area contributed by atoms with E-state index in [1.54, 1.807) is 6.26 Å². The molecule has 1 atom stereocenters. The molecule has 0 fully saturated rings. The molecule has 0 spiro atoms. The number of nitrogens with zero attached hydrogens (tertiary/aromatic N) is 4. The van der Waals surface area contributed by atoms with Gasteiger partial charge in [-0.05, 0) is 38.6 Å². The van der Waals surface area contributed by atoms with Gasteiger partial charge in [-0.2, -0.15) is 4.98 Å². The predicted molar refractivity (Wildman–Crippen MR) is 106 cm³/mol. The Morgan fingerprint density at radius 1 is 1.18 bits per heavy atom. The standard InChI is InChI=1S/C19H21N5O3.ClH/c1-4-6-13-17-12(18-22-16(24-26-18)9-11(2)20-3)10-14(15-7-5-8-25-15)21-19(17)27-23-13;/h5,7-8,10-11,20H,4,6,9H2,1-3H3;1H. The van der Waals surface area contributed by atoms with Gasteiger partial charge in [0.15, 0.2) is 11.6 Å². The number of rotatable bonds is 7. The lowest BCUT2D eigenvalue weighted by Crippen LogP contribution is -2.24. The fourth-order valence-electron chi connectivity index (χ4n) is 2.96. The van der Waals surface area contributed by atoms with Gasteiger partial charge in [-0.1, -0.05) is 23.7 Å². The highest BCUT2D eigenvalue weighted by Gasteiger charge is 2.22. The molecule has 0 aliphatic carbocycles. The van der Waals surface area contributed by atoms with E-state index in [0.29, 0.717) is 35.3 Å². The summed E-state index contributed by atoms with van der Waals surface area (Å²) in [5, 5.41) is 12.3. The van der Waals surface area contributed by atoms with E-state index in [4.69, 9.17) is 13.5 Å². The van der Waals surface area contributed by atoms with E-state index >= 15 is 0 Å². The van der Waals surface area contributed by atoms with Crippen LogP contribution in [0.1, 0.15) is 31.8 Å². The summed E-state index contributed by atoms with van der Waals surface area (Å²) in [5.74, 6) is 1.70. The fourth-order valence-corrected chi connectivity index (χ4v) is 2.96. The summed E-state index contributed by atoms with van der Waals surface area (Å²) in [6, 6.07) is 5.79. The van der Waals surface area contributed by atoms with Crippen LogP contribution in [0.4, 0.5) is 0 Å². The zero-order valence-corrected chi connectivity index (χ0v) is 16.7. The molecule has 0 amide bonds. The van der Waals surface area contributed by atoms with Gasteiger partial charge in [0, 0.05) is 12.5 Å². The van der Waals surface area contributed by atoms with E-state index in [1.165, 1.54) is 0 Å². The number of furan rings is 1. The van der Waals surface area contributed by atoms with Crippen molar-refractivity contribution in [3.05, 3.63) is 36.0 Å². The van der Waals surface area contributed by atoms with Crippen molar-refractivity contribution in [2.24, 2.45) is 0 Å². The van der Waals surface area contributed by atoms with Crippen molar-refractivity contribution in [1.82, 2.24) is 25.6 Å². The summed E-state index contributed by atoms with van der Waals surface area (Å²) in [5.41, 5.74) is 2.66. The average Bonchev–Trinajstić information content (AvgIpc) is 3.42. The number of aromatic nitrogens is 4. The first kappa shape index (κ1) is 20.0. The molecule has 4 aromatic rings. The Hall–Kier alpha value is -2.71. The maximum absolute atomic E-state index is 5.56. The fraction of sp³-hybridized carbons (Fsp3) is 0.368. The van der Waals surface area contributed by atoms with Gasteiger partial charge in [0.1, 0.15) is 5.69 Å². The van der Waals surface area contributed by atoms with Gasteiger partial charge in [-0.3, -0.25) is 0 Å². The van der Waals surface area contributed by atoms with Crippen molar-refractivity contribution < 1.29 is 13.5 Å². The third kappa shape index (κ3) is 3.79. The van der Waals surface area contributed by atoms with Gasteiger partial charge in [0.05, 0.1) is 22.9 Å². The minimum absolute atomic E-state index is 0. The lowest BCUT2D eigenvalue weighted by atomic mass is 10.1. The first-order valence-electron chi connectivity index (χ1n) is 9.03. The van der Waals surface area contributed by atoms with Crippen LogP contribution in [0.3, 0.4) is 0 Å². The Balaban J connectivity index is 0.00000225. The van der Waals surface area contributed by atoms with Gasteiger partial charge < -0.3 is 18.8 Å². The molecule has 4 aromatic heterocycles. The van der Waals surface area contributed by atoms with E-state index in [0.717, 1.165) is 29.5 Å². The van der Waals surface area contributed by atoms with Crippen LogP contribution in [0.25, 0.3) is 34.0 Å². The monoisotopic (exact) mass is 403 g/mol. The van der Waals surface area contributed by atoms with Gasteiger partial charge in [-0.15, -0.1) is 12.4 Å². The van der Waals surface area contributed by atoms with Crippen LogP contribution in [0, 0.1) is 0 Å². The normalized spacial score (nSPS) is 12.2. The van der Waals surface area contributed by atoms with Crippen molar-refractivity contribution in [3.8, 4) is 22.9 Å². The quantitative estimate of drug-likeness (QED) is 0.492. The summed E-state index contributed by atoms with van der Waals surface area (Å²) in [6.07, 6.45) is 3.99. The van der Waals surface area contributed by atoms with Gasteiger partial charge in [-0.25, -0.2) is 4.98 Å². The lowest BCUT2D eigenvalue weighted by molar-refractivity contribution is 0.418. The van der Waals surface area contributed by atoms with Crippen LogP contribution in [0.5, 0.6) is 0 Å². The molecular weight excluding hydrogens is 382 g/mol. The number of pyridine rings is 1. The maximum atomic E-state index is 5.56. The number of likely N-dealkylation sites (N-methyl/N-ethyl adjacent to an activating group) is 1.